The van der Waals surface area contributed by atoms with Crippen molar-refractivity contribution in [2.75, 3.05) is 0 Å². The molecule has 2 rings (SSSR count). The molecule has 1 aliphatic rings. The second-order valence-electron chi connectivity index (χ2n) is 3.14. The van der Waals surface area contributed by atoms with Gasteiger partial charge in [0.15, 0.2) is 0 Å². The van der Waals surface area contributed by atoms with E-state index in [-0.39, 0.29) is 6.42 Å². The highest BCUT2D eigenvalue weighted by atomic mass is 32.2. The first-order chi connectivity index (χ1) is 6.42. The van der Waals surface area contributed by atoms with Crippen molar-refractivity contribution in [2.24, 2.45) is 5.14 Å². The maximum atomic E-state index is 11.0. The van der Waals surface area contributed by atoms with Gasteiger partial charge in [0.2, 0.25) is 0 Å². The molecule has 1 aliphatic heterocycles. The average Bonchev–Trinajstić information content (AvgIpc) is 2.40. The van der Waals surface area contributed by atoms with Crippen LogP contribution in [0, 0.1) is 0 Å². The fraction of sp³-hybridized carbons (Fsp3) is 0.250. The van der Waals surface area contributed by atoms with E-state index in [9.17, 15) is 13.5 Å². The molecule has 5 nitrogen and oxygen atoms in total. The molecule has 76 valence electrons. The quantitative estimate of drug-likeness (QED) is 0.664. The molecule has 0 spiro atoms. The lowest BCUT2D eigenvalue weighted by atomic mass is 10.2. The van der Waals surface area contributed by atoms with Gasteiger partial charge in [0, 0.05) is 5.56 Å². The molecule has 1 aromatic carbocycles. The van der Waals surface area contributed by atoms with E-state index >= 15 is 0 Å². The Morgan fingerprint density at radius 2 is 2.07 bits per heavy atom. The first-order valence-corrected chi connectivity index (χ1v) is 5.49. The Kier molecular flexibility index (Phi) is 1.82. The van der Waals surface area contributed by atoms with Crippen molar-refractivity contribution in [1.29, 1.82) is 0 Å². The molecule has 0 aliphatic carbocycles. The fourth-order valence-electron chi connectivity index (χ4n) is 1.36. The minimum Gasteiger partial charge on any atom is -0.447 e. The second kappa shape index (κ2) is 2.69. The summed E-state index contributed by atoms with van der Waals surface area (Å²) >= 11 is 0. The van der Waals surface area contributed by atoms with E-state index in [0.717, 1.165) is 0 Å². The van der Waals surface area contributed by atoms with Gasteiger partial charge in [-0.15, -0.1) is 0 Å². The Labute approximate surface area is 81.2 Å². The SMILES string of the molecule is NS(=O)(=O)C1(O)Cc2ccccc2O1. The molecule has 0 aromatic heterocycles. The van der Waals surface area contributed by atoms with Crippen molar-refractivity contribution in [3.05, 3.63) is 29.8 Å². The maximum Gasteiger partial charge on any atom is 0.330 e. The largest absolute Gasteiger partial charge is 0.447 e. The van der Waals surface area contributed by atoms with Gasteiger partial charge in [-0.2, -0.15) is 0 Å². The summed E-state index contributed by atoms with van der Waals surface area (Å²) in [7, 11) is -4.14. The number of hydrogen-bond acceptors (Lipinski definition) is 4. The number of aliphatic hydroxyl groups is 1. The molecular formula is C8H9NO4S. The highest BCUT2D eigenvalue weighted by Crippen LogP contribution is 2.35. The van der Waals surface area contributed by atoms with E-state index < -0.39 is 15.1 Å². The summed E-state index contributed by atoms with van der Waals surface area (Å²) in [6, 6.07) is 6.68. The summed E-state index contributed by atoms with van der Waals surface area (Å²) < 4.78 is 27.0. The van der Waals surface area contributed by atoms with Crippen LogP contribution in [0.4, 0.5) is 0 Å². The van der Waals surface area contributed by atoms with Crippen molar-refractivity contribution < 1.29 is 18.3 Å². The molecule has 0 amide bonds. The minimum absolute atomic E-state index is 0.137. The Balaban J connectivity index is 2.45. The number of para-hydroxylation sites is 1. The van der Waals surface area contributed by atoms with Gasteiger partial charge < -0.3 is 9.84 Å². The van der Waals surface area contributed by atoms with E-state index in [4.69, 9.17) is 9.88 Å². The zero-order valence-electron chi connectivity index (χ0n) is 7.17. The Morgan fingerprint density at radius 3 is 2.64 bits per heavy atom. The number of hydrogen-bond donors (Lipinski definition) is 2. The summed E-state index contributed by atoms with van der Waals surface area (Å²) in [5.41, 5.74) is 0.629. The monoisotopic (exact) mass is 215 g/mol. The predicted octanol–water partition coefficient (Wildman–Crippen LogP) is -0.444. The van der Waals surface area contributed by atoms with E-state index in [1.54, 1.807) is 24.3 Å². The smallest absolute Gasteiger partial charge is 0.330 e. The zero-order valence-corrected chi connectivity index (χ0v) is 7.99. The molecular weight excluding hydrogens is 206 g/mol. The fourth-order valence-corrected chi connectivity index (χ4v) is 1.92. The average molecular weight is 215 g/mol. The van der Waals surface area contributed by atoms with Gasteiger partial charge in [0.1, 0.15) is 5.75 Å². The maximum absolute atomic E-state index is 11.0. The molecule has 1 heterocycles. The second-order valence-corrected chi connectivity index (χ2v) is 4.87. The molecule has 0 bridgehead atoms. The van der Waals surface area contributed by atoms with Gasteiger partial charge in [0.05, 0.1) is 6.42 Å². The van der Waals surface area contributed by atoms with Crippen LogP contribution in [-0.4, -0.2) is 18.6 Å². The van der Waals surface area contributed by atoms with E-state index in [1.165, 1.54) is 0 Å². The highest BCUT2D eigenvalue weighted by molar-refractivity contribution is 7.90. The summed E-state index contributed by atoms with van der Waals surface area (Å²) in [6.45, 7) is 0. The number of ether oxygens (including phenoxy) is 1. The van der Waals surface area contributed by atoms with Crippen molar-refractivity contribution in [3.63, 3.8) is 0 Å². The molecule has 1 atom stereocenters. The third kappa shape index (κ3) is 1.28. The topological polar surface area (TPSA) is 89.6 Å². The Hall–Kier alpha value is -1.11. The van der Waals surface area contributed by atoms with Crippen LogP contribution in [0.5, 0.6) is 5.75 Å². The van der Waals surface area contributed by atoms with Gasteiger partial charge in [-0.05, 0) is 6.07 Å². The van der Waals surface area contributed by atoms with Gasteiger partial charge in [-0.1, -0.05) is 18.2 Å². The first-order valence-electron chi connectivity index (χ1n) is 3.94. The molecule has 6 heteroatoms. The molecule has 1 unspecified atom stereocenters. The molecule has 0 saturated heterocycles. The Morgan fingerprint density at radius 1 is 1.43 bits per heavy atom. The third-order valence-electron chi connectivity index (χ3n) is 2.10. The van der Waals surface area contributed by atoms with Crippen LogP contribution in [-0.2, 0) is 16.4 Å². The number of primary sulfonamides is 1. The minimum atomic E-state index is -4.14. The summed E-state index contributed by atoms with van der Waals surface area (Å²) in [5.74, 6) is 0.351. The number of sulfonamides is 1. The number of nitrogens with two attached hydrogens (primary N) is 1. The Bertz CT molecular complexity index is 443. The van der Waals surface area contributed by atoms with Gasteiger partial charge in [0.25, 0.3) is 10.0 Å². The van der Waals surface area contributed by atoms with E-state index in [0.29, 0.717) is 11.3 Å². The van der Waals surface area contributed by atoms with E-state index in [2.05, 4.69) is 0 Å². The molecule has 3 N–H and O–H groups in total. The lowest BCUT2D eigenvalue weighted by Gasteiger charge is -2.18. The lowest BCUT2D eigenvalue weighted by molar-refractivity contribution is -0.0438. The van der Waals surface area contributed by atoms with Gasteiger partial charge in [-0.3, -0.25) is 0 Å². The van der Waals surface area contributed by atoms with Crippen LogP contribution in [0.25, 0.3) is 0 Å². The van der Waals surface area contributed by atoms with Crippen LogP contribution >= 0.6 is 0 Å². The van der Waals surface area contributed by atoms with Crippen LogP contribution in [0.2, 0.25) is 0 Å². The molecule has 1 aromatic rings. The molecule has 0 saturated carbocycles. The predicted molar refractivity (Wildman–Crippen MR) is 48.8 cm³/mol. The third-order valence-corrected chi connectivity index (χ3v) is 3.22. The standard InChI is InChI=1S/C8H9NO4S/c9-14(11,12)8(10)5-6-3-1-2-4-7(6)13-8/h1-4,10H,5H2,(H2,9,11,12). The van der Waals surface area contributed by atoms with Crippen LogP contribution in [0.15, 0.2) is 24.3 Å². The van der Waals surface area contributed by atoms with Crippen molar-refractivity contribution in [2.45, 2.75) is 11.5 Å². The van der Waals surface area contributed by atoms with Gasteiger partial charge >= 0.3 is 5.12 Å². The zero-order chi connectivity index (χ0) is 10.4. The van der Waals surface area contributed by atoms with Crippen molar-refractivity contribution in [3.8, 4) is 5.75 Å². The number of rotatable bonds is 1. The van der Waals surface area contributed by atoms with Crippen LogP contribution < -0.4 is 9.88 Å². The summed E-state index contributed by atoms with van der Waals surface area (Å²) in [5, 5.41) is 12.2. The van der Waals surface area contributed by atoms with Crippen LogP contribution in [0.1, 0.15) is 5.56 Å². The number of fused-ring (bicyclic) bond motifs is 1. The normalized spacial score (nSPS) is 25.6. The summed E-state index contributed by atoms with van der Waals surface area (Å²) in [4.78, 5) is 0. The first kappa shape index (κ1) is 9.45. The van der Waals surface area contributed by atoms with Gasteiger partial charge in [-0.25, -0.2) is 13.6 Å². The number of benzene rings is 1. The van der Waals surface area contributed by atoms with Crippen molar-refractivity contribution in [1.82, 2.24) is 0 Å². The highest BCUT2D eigenvalue weighted by Gasteiger charge is 2.47. The van der Waals surface area contributed by atoms with E-state index in [1.807, 2.05) is 0 Å². The molecule has 0 fully saturated rings. The molecule has 14 heavy (non-hydrogen) atoms. The summed E-state index contributed by atoms with van der Waals surface area (Å²) in [6.07, 6.45) is -0.137. The lowest BCUT2D eigenvalue weighted by Crippen LogP contribution is -2.47. The molecule has 0 radical (unpaired) electrons. The van der Waals surface area contributed by atoms with Crippen LogP contribution in [0.3, 0.4) is 0 Å². The van der Waals surface area contributed by atoms with Crippen molar-refractivity contribution >= 4 is 10.0 Å².